The Morgan fingerprint density at radius 3 is 2.61 bits per heavy atom. The summed E-state index contributed by atoms with van der Waals surface area (Å²) in [5.41, 5.74) is 0.479. The Bertz CT molecular complexity index is 1190. The van der Waals surface area contributed by atoms with Crippen LogP contribution in [-0.2, 0) is 14.8 Å². The van der Waals surface area contributed by atoms with Crippen LogP contribution in [0.2, 0.25) is 0 Å². The highest BCUT2D eigenvalue weighted by atomic mass is 32.2. The zero-order valence-corrected chi connectivity index (χ0v) is 19.9. The molecule has 33 heavy (non-hydrogen) atoms. The van der Waals surface area contributed by atoms with Crippen LogP contribution in [0.5, 0.6) is 11.5 Å². The summed E-state index contributed by atoms with van der Waals surface area (Å²) in [5.74, 6) is 0.641. The van der Waals surface area contributed by atoms with Crippen molar-refractivity contribution in [3.8, 4) is 11.5 Å². The number of nitrogens with one attached hydrogen (secondary N) is 1. The Balaban J connectivity index is 1.90. The summed E-state index contributed by atoms with van der Waals surface area (Å²) in [6.45, 7) is 4.89. The maximum atomic E-state index is 13.0. The van der Waals surface area contributed by atoms with E-state index in [-0.39, 0.29) is 11.4 Å². The van der Waals surface area contributed by atoms with E-state index in [1.807, 2.05) is 13.8 Å². The molecule has 1 N–H and O–H groups in total. The van der Waals surface area contributed by atoms with Crippen molar-refractivity contribution in [2.24, 2.45) is 0 Å². The maximum absolute atomic E-state index is 13.0. The summed E-state index contributed by atoms with van der Waals surface area (Å²) in [7, 11) is -2.36. The number of non-ortho nitro benzene ring substituents is 1. The van der Waals surface area contributed by atoms with E-state index < -0.39 is 39.0 Å². The topological polar surface area (TPSA) is 128 Å². The second kappa shape index (κ2) is 8.89. The number of amides is 1. The van der Waals surface area contributed by atoms with Crippen LogP contribution in [0.25, 0.3) is 0 Å². The molecule has 1 amide bonds. The molecule has 0 saturated carbocycles. The number of methoxy groups -OCH3 is 1. The van der Waals surface area contributed by atoms with Crippen LogP contribution in [0.1, 0.15) is 37.4 Å². The Hall–Kier alpha value is -3.34. The molecule has 178 valence electrons. The molecule has 1 aliphatic heterocycles. The first-order valence-corrected chi connectivity index (χ1v) is 12.0. The number of carbonyl (C=O) groups is 1. The van der Waals surface area contributed by atoms with Gasteiger partial charge in [-0.05, 0) is 38.5 Å². The first-order chi connectivity index (χ1) is 15.3. The summed E-state index contributed by atoms with van der Waals surface area (Å²) in [6, 6.07) is 8.77. The number of carbonyl (C=O) groups excluding carboxylic acids is 1. The number of sulfonamides is 1. The van der Waals surface area contributed by atoms with Crippen LogP contribution in [0.4, 0.5) is 11.4 Å². The van der Waals surface area contributed by atoms with Gasteiger partial charge in [0.25, 0.3) is 5.69 Å². The molecule has 0 fully saturated rings. The van der Waals surface area contributed by atoms with Gasteiger partial charge in [0.2, 0.25) is 15.9 Å². The molecule has 1 atom stereocenters. The van der Waals surface area contributed by atoms with Gasteiger partial charge in [0.1, 0.15) is 23.6 Å². The van der Waals surface area contributed by atoms with Crippen LogP contribution < -0.4 is 19.1 Å². The number of ether oxygens (including phenoxy) is 2. The Kier molecular flexibility index (Phi) is 6.55. The molecule has 0 spiro atoms. The highest BCUT2D eigenvalue weighted by molar-refractivity contribution is 7.92. The smallest absolute Gasteiger partial charge is 0.271 e. The molecule has 0 bridgehead atoms. The van der Waals surface area contributed by atoms with Crippen molar-refractivity contribution in [2.45, 2.75) is 38.8 Å². The van der Waals surface area contributed by atoms with Crippen LogP contribution in [0.15, 0.2) is 36.4 Å². The summed E-state index contributed by atoms with van der Waals surface area (Å²) in [6.07, 6.45) is 1.42. The first-order valence-electron chi connectivity index (χ1n) is 10.2. The van der Waals surface area contributed by atoms with E-state index >= 15 is 0 Å². The van der Waals surface area contributed by atoms with E-state index in [0.29, 0.717) is 23.5 Å². The maximum Gasteiger partial charge on any atom is 0.271 e. The zero-order valence-electron chi connectivity index (χ0n) is 19.1. The van der Waals surface area contributed by atoms with Gasteiger partial charge in [-0.3, -0.25) is 19.2 Å². The molecule has 1 heterocycles. The lowest BCUT2D eigenvalue weighted by Crippen LogP contribution is -2.45. The molecule has 1 unspecified atom stereocenters. The molecule has 2 aromatic rings. The quantitative estimate of drug-likeness (QED) is 0.479. The third-order valence-corrected chi connectivity index (χ3v) is 6.50. The predicted molar refractivity (Wildman–Crippen MR) is 123 cm³/mol. The average molecular weight is 478 g/mol. The molecule has 0 aromatic heterocycles. The molecule has 10 nitrogen and oxygen atoms in total. The standard InChI is InChI=1S/C22H27N3O7S/c1-14-6-7-15(25(27)28)10-19(14)24(33(5,29)30)13-21(26)23-18-12-22(2,3)32-20-11-16(31-4)8-9-17(18)20/h6-11,18H,12-13H2,1-5H3,(H,23,26). The molecule has 1 aliphatic rings. The fraction of sp³-hybridized carbons (Fsp3) is 0.409. The SMILES string of the molecule is COc1ccc2c(c1)OC(C)(C)CC2NC(=O)CN(c1cc([N+](=O)[O-])ccc1C)S(C)(=O)=O. The minimum absolute atomic E-state index is 0.0827. The monoisotopic (exact) mass is 477 g/mol. The lowest BCUT2D eigenvalue weighted by atomic mass is 9.89. The molecule has 3 rings (SSSR count). The van der Waals surface area contributed by atoms with Crippen molar-refractivity contribution < 1.29 is 27.6 Å². The third-order valence-electron chi connectivity index (χ3n) is 5.37. The average Bonchev–Trinajstić information content (AvgIpc) is 2.70. The predicted octanol–water partition coefficient (Wildman–Crippen LogP) is 3.10. The Labute approximate surface area is 192 Å². The van der Waals surface area contributed by atoms with Crippen molar-refractivity contribution in [1.29, 1.82) is 0 Å². The summed E-state index contributed by atoms with van der Waals surface area (Å²) >= 11 is 0. The minimum atomic E-state index is -3.90. The number of rotatable bonds is 7. The van der Waals surface area contributed by atoms with Crippen LogP contribution in [0.3, 0.4) is 0 Å². The molecule has 2 aromatic carbocycles. The van der Waals surface area contributed by atoms with Gasteiger partial charge in [0.15, 0.2) is 0 Å². The highest BCUT2D eigenvalue weighted by Crippen LogP contribution is 2.41. The molecular formula is C22H27N3O7S. The molecule has 0 aliphatic carbocycles. The second-order valence-corrected chi connectivity index (χ2v) is 10.5. The second-order valence-electron chi connectivity index (χ2n) is 8.59. The van der Waals surface area contributed by atoms with E-state index in [1.54, 1.807) is 32.2 Å². The van der Waals surface area contributed by atoms with Gasteiger partial charge >= 0.3 is 0 Å². The van der Waals surface area contributed by atoms with E-state index in [1.165, 1.54) is 12.1 Å². The number of benzene rings is 2. The van der Waals surface area contributed by atoms with Gasteiger partial charge in [0.05, 0.1) is 30.0 Å². The van der Waals surface area contributed by atoms with Crippen molar-refractivity contribution in [3.05, 3.63) is 57.6 Å². The summed E-state index contributed by atoms with van der Waals surface area (Å²) in [4.78, 5) is 23.6. The number of nitrogens with zero attached hydrogens (tertiary/aromatic N) is 2. The van der Waals surface area contributed by atoms with Crippen molar-refractivity contribution >= 4 is 27.3 Å². The Morgan fingerprint density at radius 2 is 2.00 bits per heavy atom. The Morgan fingerprint density at radius 1 is 1.30 bits per heavy atom. The normalized spacial score (nSPS) is 16.8. The fourth-order valence-corrected chi connectivity index (χ4v) is 4.72. The highest BCUT2D eigenvalue weighted by Gasteiger charge is 2.35. The molecular weight excluding hydrogens is 450 g/mol. The number of hydrogen-bond donors (Lipinski definition) is 1. The van der Waals surface area contributed by atoms with Crippen LogP contribution >= 0.6 is 0 Å². The van der Waals surface area contributed by atoms with Crippen LogP contribution in [0, 0.1) is 17.0 Å². The van der Waals surface area contributed by atoms with Gasteiger partial charge < -0.3 is 14.8 Å². The van der Waals surface area contributed by atoms with E-state index in [4.69, 9.17) is 9.47 Å². The van der Waals surface area contributed by atoms with Gasteiger partial charge in [-0.1, -0.05) is 6.07 Å². The van der Waals surface area contributed by atoms with Crippen molar-refractivity contribution in [3.63, 3.8) is 0 Å². The van der Waals surface area contributed by atoms with Gasteiger partial charge in [-0.2, -0.15) is 0 Å². The van der Waals surface area contributed by atoms with Crippen molar-refractivity contribution in [1.82, 2.24) is 5.32 Å². The minimum Gasteiger partial charge on any atom is -0.497 e. The number of nitro benzene ring substituents is 1. The summed E-state index contributed by atoms with van der Waals surface area (Å²) in [5, 5.41) is 14.1. The van der Waals surface area contributed by atoms with E-state index in [9.17, 15) is 23.3 Å². The third kappa shape index (κ3) is 5.54. The number of nitro groups is 1. The van der Waals surface area contributed by atoms with Gasteiger partial charge in [-0.25, -0.2) is 8.42 Å². The van der Waals surface area contributed by atoms with Gasteiger partial charge in [0, 0.05) is 30.2 Å². The fourth-order valence-electron chi connectivity index (χ4n) is 3.82. The zero-order chi connectivity index (χ0) is 24.6. The van der Waals surface area contributed by atoms with Crippen molar-refractivity contribution in [2.75, 3.05) is 24.2 Å². The number of fused-ring (bicyclic) bond motifs is 1. The first kappa shape index (κ1) is 24.3. The number of anilines is 1. The van der Waals surface area contributed by atoms with E-state index in [0.717, 1.165) is 22.2 Å². The molecule has 0 saturated heterocycles. The largest absolute Gasteiger partial charge is 0.497 e. The molecule has 11 heteroatoms. The number of hydrogen-bond acceptors (Lipinski definition) is 7. The van der Waals surface area contributed by atoms with Gasteiger partial charge in [-0.15, -0.1) is 0 Å². The summed E-state index contributed by atoms with van der Waals surface area (Å²) < 4.78 is 37.2. The molecule has 0 radical (unpaired) electrons. The lowest BCUT2D eigenvalue weighted by Gasteiger charge is -2.38. The van der Waals surface area contributed by atoms with Crippen LogP contribution in [-0.4, -0.2) is 44.8 Å². The van der Waals surface area contributed by atoms with E-state index in [2.05, 4.69) is 5.32 Å². The lowest BCUT2D eigenvalue weighted by molar-refractivity contribution is -0.384. The number of aryl methyl sites for hydroxylation is 1.